The van der Waals surface area contributed by atoms with Crippen molar-refractivity contribution in [1.82, 2.24) is 15.1 Å². The van der Waals surface area contributed by atoms with Crippen molar-refractivity contribution < 1.29 is 14.6 Å². The van der Waals surface area contributed by atoms with Gasteiger partial charge in [-0.1, -0.05) is 6.07 Å². The molecule has 2 N–H and O–H groups in total. The number of aliphatic hydroxyl groups excluding tert-OH is 1. The first-order valence-corrected chi connectivity index (χ1v) is 6.88. The summed E-state index contributed by atoms with van der Waals surface area (Å²) >= 11 is 0. The van der Waals surface area contributed by atoms with Gasteiger partial charge >= 0.3 is 0 Å². The average Bonchev–Trinajstić information content (AvgIpc) is 3.05. The van der Waals surface area contributed by atoms with E-state index in [0.29, 0.717) is 31.7 Å². The molecule has 1 aromatic heterocycles. The van der Waals surface area contributed by atoms with E-state index in [1.165, 1.54) is 0 Å². The first-order chi connectivity index (χ1) is 10.3. The number of carbonyl (C=O) groups is 1. The highest BCUT2D eigenvalue weighted by Crippen LogP contribution is 2.09. The molecule has 0 atom stereocenters. The topological polar surface area (TPSA) is 76.4 Å². The normalized spacial score (nSPS) is 10.5. The van der Waals surface area contributed by atoms with E-state index in [-0.39, 0.29) is 12.5 Å². The average molecular weight is 289 g/mol. The van der Waals surface area contributed by atoms with Crippen LogP contribution in [0.5, 0.6) is 0 Å². The zero-order valence-corrected chi connectivity index (χ0v) is 11.7. The van der Waals surface area contributed by atoms with Crippen molar-refractivity contribution >= 4 is 5.91 Å². The summed E-state index contributed by atoms with van der Waals surface area (Å²) in [5.74, 6) is -0.119. The third-order valence-electron chi connectivity index (χ3n) is 2.86. The summed E-state index contributed by atoms with van der Waals surface area (Å²) in [6.45, 7) is 1.41. The molecule has 0 saturated heterocycles. The van der Waals surface area contributed by atoms with Crippen LogP contribution in [0.15, 0.2) is 42.7 Å². The number of hydrogen-bond donors (Lipinski definition) is 2. The lowest BCUT2D eigenvalue weighted by atomic mass is 10.2. The van der Waals surface area contributed by atoms with Gasteiger partial charge in [-0.15, -0.1) is 0 Å². The summed E-state index contributed by atoms with van der Waals surface area (Å²) in [6, 6.07) is 9.12. The van der Waals surface area contributed by atoms with E-state index in [1.807, 2.05) is 24.4 Å². The molecule has 21 heavy (non-hydrogen) atoms. The Kier molecular flexibility index (Phi) is 5.93. The molecule has 2 aromatic rings. The Labute approximate surface area is 123 Å². The van der Waals surface area contributed by atoms with Crippen LogP contribution in [-0.2, 0) is 4.74 Å². The number of benzene rings is 1. The van der Waals surface area contributed by atoms with Gasteiger partial charge in [-0.25, -0.2) is 4.68 Å². The first-order valence-electron chi connectivity index (χ1n) is 6.88. The molecule has 0 spiro atoms. The standard InChI is InChI=1S/C15H19N3O3/c19-9-11-21-10-3-6-16-15(20)13-4-1-5-14(12-13)18-8-2-7-17-18/h1-2,4-5,7-8,12,19H,3,6,9-11H2,(H,16,20). The molecule has 1 heterocycles. The van der Waals surface area contributed by atoms with Crippen LogP contribution in [0, 0.1) is 0 Å². The van der Waals surface area contributed by atoms with Gasteiger partial charge in [-0.05, 0) is 30.7 Å². The Morgan fingerprint density at radius 3 is 3.00 bits per heavy atom. The van der Waals surface area contributed by atoms with Gasteiger partial charge in [-0.2, -0.15) is 5.10 Å². The molecule has 1 amide bonds. The number of ether oxygens (including phenoxy) is 1. The second kappa shape index (κ2) is 8.18. The summed E-state index contributed by atoms with van der Waals surface area (Å²) in [6.07, 6.45) is 4.24. The fourth-order valence-electron chi connectivity index (χ4n) is 1.86. The molecule has 0 aliphatic carbocycles. The minimum atomic E-state index is -0.119. The van der Waals surface area contributed by atoms with E-state index in [9.17, 15) is 4.79 Å². The van der Waals surface area contributed by atoms with Crippen LogP contribution in [0.25, 0.3) is 5.69 Å². The van der Waals surface area contributed by atoms with Gasteiger partial charge in [0.1, 0.15) is 0 Å². The molecule has 0 aliphatic rings. The molecule has 0 unspecified atom stereocenters. The lowest BCUT2D eigenvalue weighted by molar-refractivity contribution is 0.0867. The second-order valence-corrected chi connectivity index (χ2v) is 4.45. The van der Waals surface area contributed by atoms with E-state index >= 15 is 0 Å². The highest BCUT2D eigenvalue weighted by atomic mass is 16.5. The number of amides is 1. The predicted octanol–water partition coefficient (Wildman–Crippen LogP) is 1.00. The van der Waals surface area contributed by atoms with E-state index < -0.39 is 0 Å². The van der Waals surface area contributed by atoms with E-state index in [1.54, 1.807) is 23.0 Å². The second-order valence-electron chi connectivity index (χ2n) is 4.45. The van der Waals surface area contributed by atoms with Gasteiger partial charge in [0.15, 0.2) is 0 Å². The number of rotatable bonds is 8. The molecule has 1 aromatic carbocycles. The molecule has 112 valence electrons. The SMILES string of the molecule is O=C(NCCCOCCO)c1cccc(-n2cccn2)c1. The van der Waals surface area contributed by atoms with Crippen molar-refractivity contribution in [3.05, 3.63) is 48.3 Å². The maximum atomic E-state index is 12.0. The summed E-state index contributed by atoms with van der Waals surface area (Å²) in [7, 11) is 0. The van der Waals surface area contributed by atoms with Crippen LogP contribution in [0.1, 0.15) is 16.8 Å². The summed E-state index contributed by atoms with van der Waals surface area (Å²) in [5.41, 5.74) is 1.44. The Morgan fingerprint density at radius 2 is 2.24 bits per heavy atom. The molecule has 0 aliphatic heterocycles. The number of aromatic nitrogens is 2. The molecule has 6 heteroatoms. The van der Waals surface area contributed by atoms with Gasteiger partial charge in [0.25, 0.3) is 5.91 Å². The molecule has 0 saturated carbocycles. The molecular formula is C15H19N3O3. The van der Waals surface area contributed by atoms with E-state index in [0.717, 1.165) is 5.69 Å². The molecule has 2 rings (SSSR count). The number of hydrogen-bond acceptors (Lipinski definition) is 4. The summed E-state index contributed by atoms with van der Waals surface area (Å²) < 4.78 is 6.83. The minimum Gasteiger partial charge on any atom is -0.394 e. The first kappa shape index (κ1) is 15.2. The Bertz CT molecular complexity index is 555. The maximum absolute atomic E-state index is 12.0. The Morgan fingerprint density at radius 1 is 1.33 bits per heavy atom. The summed E-state index contributed by atoms with van der Waals surface area (Å²) in [5, 5.41) is 15.5. The zero-order chi connectivity index (χ0) is 14.9. The molecule has 6 nitrogen and oxygen atoms in total. The highest BCUT2D eigenvalue weighted by Gasteiger charge is 2.06. The van der Waals surface area contributed by atoms with E-state index in [2.05, 4.69) is 10.4 Å². The highest BCUT2D eigenvalue weighted by molar-refractivity contribution is 5.94. The minimum absolute atomic E-state index is 0.0204. The fraction of sp³-hybridized carbons (Fsp3) is 0.333. The lowest BCUT2D eigenvalue weighted by Gasteiger charge is -2.07. The van der Waals surface area contributed by atoms with Crippen molar-refractivity contribution in [2.45, 2.75) is 6.42 Å². The van der Waals surface area contributed by atoms with Gasteiger partial charge in [0, 0.05) is 31.1 Å². The van der Waals surface area contributed by atoms with Gasteiger partial charge < -0.3 is 15.2 Å². The van der Waals surface area contributed by atoms with Crippen molar-refractivity contribution in [3.63, 3.8) is 0 Å². The molecule has 0 radical (unpaired) electrons. The smallest absolute Gasteiger partial charge is 0.251 e. The van der Waals surface area contributed by atoms with Crippen molar-refractivity contribution in [2.24, 2.45) is 0 Å². The fourth-order valence-corrected chi connectivity index (χ4v) is 1.86. The van der Waals surface area contributed by atoms with Crippen LogP contribution in [-0.4, -0.2) is 47.2 Å². The van der Waals surface area contributed by atoms with Crippen molar-refractivity contribution in [1.29, 1.82) is 0 Å². The maximum Gasteiger partial charge on any atom is 0.251 e. The number of nitrogens with one attached hydrogen (secondary N) is 1. The van der Waals surface area contributed by atoms with Crippen LogP contribution < -0.4 is 5.32 Å². The van der Waals surface area contributed by atoms with Crippen molar-refractivity contribution in [3.8, 4) is 5.69 Å². The Hall–Kier alpha value is -2.18. The lowest BCUT2D eigenvalue weighted by Crippen LogP contribution is -2.25. The third-order valence-corrected chi connectivity index (χ3v) is 2.86. The van der Waals surface area contributed by atoms with Gasteiger partial charge in [-0.3, -0.25) is 4.79 Å². The number of nitrogens with zero attached hydrogens (tertiary/aromatic N) is 2. The Balaban J connectivity index is 1.84. The third kappa shape index (κ3) is 4.70. The summed E-state index contributed by atoms with van der Waals surface area (Å²) in [4.78, 5) is 12.0. The largest absolute Gasteiger partial charge is 0.394 e. The quantitative estimate of drug-likeness (QED) is 0.711. The predicted molar refractivity (Wildman–Crippen MR) is 78.4 cm³/mol. The van der Waals surface area contributed by atoms with Crippen LogP contribution in [0.2, 0.25) is 0 Å². The molecule has 0 bridgehead atoms. The zero-order valence-electron chi connectivity index (χ0n) is 11.7. The monoisotopic (exact) mass is 289 g/mol. The van der Waals surface area contributed by atoms with Crippen LogP contribution in [0.3, 0.4) is 0 Å². The van der Waals surface area contributed by atoms with E-state index in [4.69, 9.17) is 9.84 Å². The van der Waals surface area contributed by atoms with Crippen LogP contribution in [0.4, 0.5) is 0 Å². The molecular weight excluding hydrogens is 270 g/mol. The van der Waals surface area contributed by atoms with Gasteiger partial charge in [0.05, 0.1) is 18.9 Å². The number of carbonyl (C=O) groups excluding carboxylic acids is 1. The van der Waals surface area contributed by atoms with Crippen LogP contribution >= 0.6 is 0 Å². The van der Waals surface area contributed by atoms with Crippen molar-refractivity contribution in [2.75, 3.05) is 26.4 Å². The number of aliphatic hydroxyl groups is 1. The molecule has 0 fully saturated rings. The van der Waals surface area contributed by atoms with Gasteiger partial charge in [0.2, 0.25) is 0 Å².